The smallest absolute Gasteiger partial charge is 0.251 e. The van der Waals surface area contributed by atoms with Gasteiger partial charge in [-0.15, -0.1) is 0 Å². The number of hydrogen-bond acceptors (Lipinski definition) is 4. The summed E-state index contributed by atoms with van der Waals surface area (Å²) in [6.07, 6.45) is 0. The molecule has 0 radical (unpaired) electrons. The monoisotopic (exact) mass is 237 g/mol. The first-order valence-electron chi connectivity index (χ1n) is 5.45. The van der Waals surface area contributed by atoms with Gasteiger partial charge in [0.05, 0.1) is 12.8 Å². The lowest BCUT2D eigenvalue weighted by Crippen LogP contribution is -2.31. The van der Waals surface area contributed by atoms with E-state index in [4.69, 9.17) is 4.84 Å². The van der Waals surface area contributed by atoms with Crippen LogP contribution in [-0.4, -0.2) is 45.1 Å². The van der Waals surface area contributed by atoms with E-state index in [2.05, 4.69) is 10.8 Å². The summed E-state index contributed by atoms with van der Waals surface area (Å²) in [6.45, 7) is 1.47. The van der Waals surface area contributed by atoms with Gasteiger partial charge in [0.1, 0.15) is 0 Å². The number of likely N-dealkylation sites (N-methyl/N-ethyl adjacent to an activating group) is 1. The van der Waals surface area contributed by atoms with Gasteiger partial charge in [-0.2, -0.15) is 0 Å². The van der Waals surface area contributed by atoms with Gasteiger partial charge in [-0.3, -0.25) is 15.1 Å². The fourth-order valence-electron chi connectivity index (χ4n) is 1.30. The van der Waals surface area contributed by atoms with Gasteiger partial charge in [-0.05, 0) is 38.4 Å². The van der Waals surface area contributed by atoms with Crippen molar-refractivity contribution in [1.29, 1.82) is 0 Å². The number of carbonyl (C=O) groups excluding carboxylic acids is 1. The molecule has 1 amide bonds. The third kappa shape index (κ3) is 4.84. The van der Waals surface area contributed by atoms with Gasteiger partial charge in [0, 0.05) is 18.7 Å². The van der Waals surface area contributed by atoms with E-state index in [1.54, 1.807) is 31.4 Å². The summed E-state index contributed by atoms with van der Waals surface area (Å²) in [4.78, 5) is 18.5. The molecule has 5 nitrogen and oxygen atoms in total. The maximum Gasteiger partial charge on any atom is 0.251 e. The van der Waals surface area contributed by atoms with E-state index in [1.165, 1.54) is 0 Å². The van der Waals surface area contributed by atoms with Crippen LogP contribution in [0.4, 0.5) is 5.69 Å². The van der Waals surface area contributed by atoms with Gasteiger partial charge < -0.3 is 10.2 Å². The summed E-state index contributed by atoms with van der Waals surface area (Å²) in [6, 6.07) is 7.10. The van der Waals surface area contributed by atoms with Crippen molar-refractivity contribution in [1.82, 2.24) is 10.2 Å². The van der Waals surface area contributed by atoms with Gasteiger partial charge in [0.2, 0.25) is 0 Å². The molecule has 17 heavy (non-hydrogen) atoms. The minimum absolute atomic E-state index is 0.0594. The van der Waals surface area contributed by atoms with Crippen molar-refractivity contribution in [3.63, 3.8) is 0 Å². The summed E-state index contributed by atoms with van der Waals surface area (Å²) < 4.78 is 0. The average molecular weight is 237 g/mol. The Morgan fingerprint density at radius 3 is 2.47 bits per heavy atom. The van der Waals surface area contributed by atoms with Crippen LogP contribution in [0.1, 0.15) is 10.4 Å². The molecule has 0 atom stereocenters. The first-order valence-corrected chi connectivity index (χ1v) is 5.45. The minimum atomic E-state index is -0.0594. The topological polar surface area (TPSA) is 53.6 Å². The second-order valence-electron chi connectivity index (χ2n) is 3.94. The second kappa shape index (κ2) is 6.88. The lowest BCUT2D eigenvalue weighted by Gasteiger charge is -2.10. The van der Waals surface area contributed by atoms with Gasteiger partial charge in [-0.1, -0.05) is 0 Å². The third-order valence-corrected chi connectivity index (χ3v) is 2.21. The maximum atomic E-state index is 11.7. The zero-order valence-electron chi connectivity index (χ0n) is 10.5. The molecule has 0 fully saturated rings. The van der Waals surface area contributed by atoms with Gasteiger partial charge in [0.15, 0.2) is 0 Å². The molecule has 0 aromatic heterocycles. The molecule has 0 saturated carbocycles. The third-order valence-electron chi connectivity index (χ3n) is 2.21. The van der Waals surface area contributed by atoms with Crippen LogP contribution >= 0.6 is 0 Å². The first-order chi connectivity index (χ1) is 8.13. The van der Waals surface area contributed by atoms with Crippen LogP contribution in [0.3, 0.4) is 0 Å². The molecule has 5 heteroatoms. The van der Waals surface area contributed by atoms with Gasteiger partial charge in [0.25, 0.3) is 5.91 Å². The molecule has 0 unspecified atom stereocenters. The highest BCUT2D eigenvalue weighted by atomic mass is 16.6. The lowest BCUT2D eigenvalue weighted by atomic mass is 10.2. The number of nitrogens with zero attached hydrogens (tertiary/aromatic N) is 1. The SMILES string of the molecule is CONc1ccc(C(=O)NCCN(C)C)cc1. The van der Waals surface area contributed by atoms with Gasteiger partial charge >= 0.3 is 0 Å². The number of hydrogen-bond donors (Lipinski definition) is 2. The minimum Gasteiger partial charge on any atom is -0.351 e. The number of nitrogens with one attached hydrogen (secondary N) is 2. The van der Waals surface area contributed by atoms with Crippen LogP contribution < -0.4 is 10.8 Å². The molecule has 1 rings (SSSR count). The Morgan fingerprint density at radius 2 is 1.94 bits per heavy atom. The van der Waals surface area contributed by atoms with E-state index in [-0.39, 0.29) is 5.91 Å². The highest BCUT2D eigenvalue weighted by molar-refractivity contribution is 5.94. The highest BCUT2D eigenvalue weighted by Crippen LogP contribution is 2.08. The molecule has 1 aromatic carbocycles. The van der Waals surface area contributed by atoms with Crippen LogP contribution in [0, 0.1) is 0 Å². The number of amides is 1. The molecule has 0 spiro atoms. The fraction of sp³-hybridized carbons (Fsp3) is 0.417. The van der Waals surface area contributed by atoms with Crippen LogP contribution in [0.25, 0.3) is 0 Å². The number of rotatable bonds is 6. The molecule has 1 aromatic rings. The van der Waals surface area contributed by atoms with Crippen molar-refractivity contribution in [2.75, 3.05) is 39.8 Å². The predicted octanol–water partition coefficient (Wildman–Crippen LogP) is 0.951. The summed E-state index contributed by atoms with van der Waals surface area (Å²) in [7, 11) is 5.48. The van der Waals surface area contributed by atoms with E-state index < -0.39 is 0 Å². The predicted molar refractivity (Wildman–Crippen MR) is 68.0 cm³/mol. The number of benzene rings is 1. The summed E-state index contributed by atoms with van der Waals surface area (Å²) >= 11 is 0. The van der Waals surface area contributed by atoms with Gasteiger partial charge in [-0.25, -0.2) is 0 Å². The maximum absolute atomic E-state index is 11.7. The van der Waals surface area contributed by atoms with Crippen molar-refractivity contribution < 1.29 is 9.63 Å². The molecule has 0 saturated heterocycles. The van der Waals surface area contributed by atoms with Crippen molar-refractivity contribution in [2.45, 2.75) is 0 Å². The normalized spacial score (nSPS) is 10.4. The summed E-state index contributed by atoms with van der Waals surface area (Å²) in [5.41, 5.74) is 4.15. The van der Waals surface area contributed by atoms with Crippen LogP contribution in [0.2, 0.25) is 0 Å². The summed E-state index contributed by atoms with van der Waals surface area (Å²) in [5.74, 6) is -0.0594. The van der Waals surface area contributed by atoms with Crippen molar-refractivity contribution in [3.8, 4) is 0 Å². The molecule has 0 aliphatic rings. The second-order valence-corrected chi connectivity index (χ2v) is 3.94. The van der Waals surface area contributed by atoms with Crippen molar-refractivity contribution in [2.24, 2.45) is 0 Å². The van der Waals surface area contributed by atoms with Crippen molar-refractivity contribution >= 4 is 11.6 Å². The number of carbonyl (C=O) groups is 1. The Bertz CT molecular complexity index is 349. The molecule has 0 heterocycles. The quantitative estimate of drug-likeness (QED) is 0.723. The van der Waals surface area contributed by atoms with E-state index in [0.29, 0.717) is 12.1 Å². The Labute approximate surface area is 102 Å². The highest BCUT2D eigenvalue weighted by Gasteiger charge is 2.04. The summed E-state index contributed by atoms with van der Waals surface area (Å²) in [5, 5.41) is 2.85. The Balaban J connectivity index is 2.46. The van der Waals surface area contributed by atoms with E-state index in [9.17, 15) is 4.79 Å². The number of anilines is 1. The van der Waals surface area contributed by atoms with E-state index in [1.807, 2.05) is 19.0 Å². The molecule has 0 bridgehead atoms. The Hall–Kier alpha value is -1.59. The van der Waals surface area contributed by atoms with Crippen LogP contribution in [-0.2, 0) is 4.84 Å². The lowest BCUT2D eigenvalue weighted by molar-refractivity contribution is 0.0951. The largest absolute Gasteiger partial charge is 0.351 e. The fourth-order valence-corrected chi connectivity index (χ4v) is 1.30. The average Bonchev–Trinajstić information content (AvgIpc) is 2.30. The van der Waals surface area contributed by atoms with Crippen LogP contribution in [0.15, 0.2) is 24.3 Å². The zero-order chi connectivity index (χ0) is 12.7. The van der Waals surface area contributed by atoms with E-state index >= 15 is 0 Å². The molecular formula is C12H19N3O2. The molecular weight excluding hydrogens is 218 g/mol. The zero-order valence-corrected chi connectivity index (χ0v) is 10.5. The molecule has 0 aliphatic heterocycles. The standard InChI is InChI=1S/C12H19N3O2/c1-15(2)9-8-13-12(16)10-4-6-11(7-5-10)14-17-3/h4-7,14H,8-9H2,1-3H3,(H,13,16). The first kappa shape index (κ1) is 13.5. The van der Waals surface area contributed by atoms with Crippen LogP contribution in [0.5, 0.6) is 0 Å². The van der Waals surface area contributed by atoms with Crippen molar-refractivity contribution in [3.05, 3.63) is 29.8 Å². The van der Waals surface area contributed by atoms with E-state index in [0.717, 1.165) is 12.2 Å². The molecule has 2 N–H and O–H groups in total. The molecule has 0 aliphatic carbocycles. The Morgan fingerprint density at radius 1 is 1.29 bits per heavy atom. The molecule has 94 valence electrons. The Kier molecular flexibility index (Phi) is 5.45.